The van der Waals surface area contributed by atoms with Crippen LogP contribution in [0.5, 0.6) is 0 Å². The highest BCUT2D eigenvalue weighted by atomic mass is 32.2. The second-order valence-electron chi connectivity index (χ2n) is 17.1. The van der Waals surface area contributed by atoms with Crippen molar-refractivity contribution in [3.63, 3.8) is 0 Å². The van der Waals surface area contributed by atoms with Gasteiger partial charge >= 0.3 is 10.6 Å². The van der Waals surface area contributed by atoms with Gasteiger partial charge in [0.15, 0.2) is 5.71 Å². The first kappa shape index (κ1) is 55.1. The Morgan fingerprint density at radius 3 is 2.24 bits per heavy atom. The maximum Gasteiger partial charge on any atom is 0.425 e. The van der Waals surface area contributed by atoms with E-state index in [1.54, 1.807) is 18.2 Å². The largest absolute Gasteiger partial charge is 0.425 e. The van der Waals surface area contributed by atoms with E-state index in [4.69, 9.17) is 17.8 Å². The van der Waals surface area contributed by atoms with Gasteiger partial charge in [0.1, 0.15) is 6.54 Å². The zero-order chi connectivity index (χ0) is 52.0. The van der Waals surface area contributed by atoms with Crippen LogP contribution < -0.4 is 20.2 Å². The maximum atomic E-state index is 13.2. The number of rotatable bonds is 17. The van der Waals surface area contributed by atoms with Crippen molar-refractivity contribution >= 4 is 86.7 Å². The third-order valence-corrected chi connectivity index (χ3v) is 15.4. The molecule has 4 heterocycles. The molecule has 2 aliphatic rings. The zero-order valence-corrected chi connectivity index (χ0v) is 43.0. The number of unbranched alkanes of at least 4 members (excludes halogenated alkanes) is 1. The first-order valence-electron chi connectivity index (χ1n) is 21.4. The standard InChI is InChI=1S/C44H52N8O10S4.O3S/c1-7-8-24-51-35-13-10-9-12-32(35)43(2,3)37(51)20-15-29(16-21-38-44(4,5)33-27-31(66(60,61)62)17-19-36(33)52(38)25-11-26-64(55,56)57)34-18-14-30(28-47-34)40(54)46-23-22-39(53)48-41-50(6)49-42(63-41)65(45,58)59;1-4(2)3/h9-10,12-21,27-28H,7-8,11,22-26H2,1-6H3,(H4-,45,46,54,55,56,57,58,59,60,61,62);/p+1. The van der Waals surface area contributed by atoms with Crippen molar-refractivity contribution < 1.29 is 61.2 Å². The summed E-state index contributed by atoms with van der Waals surface area (Å²) in [6.45, 7) is 11.1. The van der Waals surface area contributed by atoms with Crippen molar-refractivity contribution in [2.75, 3.05) is 30.3 Å². The minimum atomic E-state index is -4.56. The molecule has 2 amide bonds. The second-order valence-corrected chi connectivity index (χ2v) is 23.2. The van der Waals surface area contributed by atoms with Gasteiger partial charge in [0, 0.05) is 79.3 Å². The quantitative estimate of drug-likeness (QED) is 0.0664. The van der Waals surface area contributed by atoms with Crippen molar-refractivity contribution in [1.82, 2.24) is 20.1 Å². The van der Waals surface area contributed by atoms with Crippen molar-refractivity contribution in [3.05, 3.63) is 118 Å². The van der Waals surface area contributed by atoms with Crippen LogP contribution >= 0.6 is 11.3 Å². The van der Waals surface area contributed by atoms with Crippen molar-refractivity contribution in [1.29, 1.82) is 0 Å². The number of sulfonamides is 1. The Hall–Kier alpha value is -5.87. The average molecular weight is 1060 g/mol. The number of aryl methyl sites for hydroxylation is 1. The van der Waals surface area contributed by atoms with Crippen LogP contribution in [0.4, 0.5) is 11.4 Å². The van der Waals surface area contributed by atoms with Gasteiger partial charge in [-0.2, -0.15) is 26.4 Å². The summed E-state index contributed by atoms with van der Waals surface area (Å²) in [5.74, 6) is -1.63. The van der Waals surface area contributed by atoms with Gasteiger partial charge in [0.25, 0.3) is 36.2 Å². The molecule has 5 N–H and O–H groups in total. The van der Waals surface area contributed by atoms with Gasteiger partial charge in [-0.05, 0) is 68.3 Å². The lowest BCUT2D eigenvalue weighted by atomic mass is 9.81. The van der Waals surface area contributed by atoms with Crippen LogP contribution in [0.15, 0.2) is 105 Å². The minimum absolute atomic E-state index is 0.0222. The Labute approximate surface area is 411 Å². The molecule has 26 heteroatoms. The second kappa shape index (κ2) is 22.0. The maximum absolute atomic E-state index is 13.2. The van der Waals surface area contributed by atoms with E-state index >= 15 is 0 Å². The molecule has 0 bridgehead atoms. The fourth-order valence-electron chi connectivity index (χ4n) is 8.01. The normalized spacial score (nSPS) is 16.3. The van der Waals surface area contributed by atoms with Gasteiger partial charge in [-0.1, -0.05) is 62.8 Å². The van der Waals surface area contributed by atoms with Crippen LogP contribution in [-0.4, -0.2) is 109 Å². The van der Waals surface area contributed by atoms with E-state index in [0.29, 0.717) is 39.6 Å². The van der Waals surface area contributed by atoms with Crippen LogP contribution in [-0.2, 0) is 63.5 Å². The lowest BCUT2D eigenvalue weighted by Gasteiger charge is -2.27. The third-order valence-electron chi connectivity index (χ3n) is 11.4. The molecule has 2 aliphatic heterocycles. The van der Waals surface area contributed by atoms with Gasteiger partial charge in [-0.25, -0.2) is 18.2 Å². The average Bonchev–Trinajstić information content (AvgIpc) is 3.82. The number of nitrogens with zero attached hydrogens (tertiary/aromatic N) is 6. The number of allylic oxidation sites excluding steroid dienone is 6. The van der Waals surface area contributed by atoms with Gasteiger partial charge in [0.05, 0.1) is 27.3 Å². The van der Waals surface area contributed by atoms with Gasteiger partial charge < -0.3 is 10.2 Å². The predicted molar refractivity (Wildman–Crippen MR) is 261 cm³/mol. The number of hydrogen-bond donors (Lipinski definition) is 4. The van der Waals surface area contributed by atoms with E-state index < -0.39 is 68.2 Å². The highest BCUT2D eigenvalue weighted by Crippen LogP contribution is 2.49. The first-order chi connectivity index (χ1) is 32.6. The number of nitrogens with two attached hydrogens (primary N) is 1. The third kappa shape index (κ3) is 13.5. The zero-order valence-electron chi connectivity index (χ0n) is 38.9. The number of hydrogen-bond acceptors (Lipinski definition) is 15. The monoisotopic (exact) mass is 1060 g/mol. The molecule has 0 fully saturated rings. The molecule has 0 saturated heterocycles. The number of carbonyl (C=O) groups is 2. The minimum Gasteiger partial charge on any atom is -0.351 e. The van der Waals surface area contributed by atoms with Crippen LogP contribution in [0.3, 0.4) is 0 Å². The number of aromatic nitrogens is 3. The number of benzene rings is 2. The van der Waals surface area contributed by atoms with Crippen LogP contribution in [0, 0.1) is 0 Å². The fraction of sp³-hybridized carbons (Fsp3) is 0.364. The summed E-state index contributed by atoms with van der Waals surface area (Å²) in [6, 6.07) is 15.8. The van der Waals surface area contributed by atoms with E-state index in [9.17, 15) is 43.9 Å². The summed E-state index contributed by atoms with van der Waals surface area (Å²) in [4.78, 5) is 36.0. The lowest BCUT2D eigenvalue weighted by molar-refractivity contribution is -0.438. The summed E-state index contributed by atoms with van der Waals surface area (Å²) in [7, 11) is -14.6. The highest BCUT2D eigenvalue weighted by molar-refractivity contribution is 7.91. The van der Waals surface area contributed by atoms with Crippen LogP contribution in [0.2, 0.25) is 0 Å². The van der Waals surface area contributed by atoms with E-state index in [-0.39, 0.29) is 46.6 Å². The van der Waals surface area contributed by atoms with Gasteiger partial charge in [-0.3, -0.25) is 23.7 Å². The molecule has 0 unspecified atom stereocenters. The van der Waals surface area contributed by atoms with Gasteiger partial charge in [0.2, 0.25) is 20.7 Å². The molecule has 6 rings (SSSR count). The Balaban J connectivity index is 0.00000219. The summed E-state index contributed by atoms with van der Waals surface area (Å²) in [5, 5.41) is 11.6. The van der Waals surface area contributed by atoms with Gasteiger partial charge in [-0.15, -0.1) is 17.7 Å². The molecule has 0 spiro atoms. The molecule has 0 saturated carbocycles. The van der Waals surface area contributed by atoms with E-state index in [1.165, 1.54) is 30.9 Å². The molecule has 70 heavy (non-hydrogen) atoms. The molecule has 0 radical (unpaired) electrons. The summed E-state index contributed by atoms with van der Waals surface area (Å²) in [5.41, 5.74) is 5.29. The Bertz CT molecular complexity index is 3350. The number of carbonyl (C=O) groups excluding carboxylic acids is 2. The van der Waals surface area contributed by atoms with E-state index in [0.717, 1.165) is 35.5 Å². The Morgan fingerprint density at radius 2 is 1.64 bits per heavy atom. The van der Waals surface area contributed by atoms with Crippen LogP contribution in [0.1, 0.15) is 87.5 Å². The fourth-order valence-corrected chi connectivity index (χ4v) is 10.6. The summed E-state index contributed by atoms with van der Waals surface area (Å²) in [6.07, 6.45) is 10.9. The van der Waals surface area contributed by atoms with E-state index in [2.05, 4.69) is 63.9 Å². The topological polar surface area (TPSA) is 316 Å². The number of primary sulfonamides is 1. The molecule has 2 aromatic heterocycles. The number of amides is 2. The van der Waals surface area contributed by atoms with E-state index in [1.807, 2.05) is 49.1 Å². The van der Waals surface area contributed by atoms with Crippen molar-refractivity contribution in [2.45, 2.75) is 80.4 Å². The Kier molecular flexibility index (Phi) is 17.3. The molecule has 376 valence electrons. The molecule has 2 aromatic carbocycles. The molecule has 21 nitrogen and oxygen atoms in total. The SMILES string of the molecule is CCCC[N+]1=C(/C=C/C(=C/C=C2/N(CCCS(=O)(=O)O)c3ccc(S(=O)(=O)O)cc3C2(C)C)c2ccc(C(=O)NCCC(=O)N=c3sc(S(N)(=O)=O)nn3C)cn2)C(C)(C)c2ccccc21.O=S(=O)=O. The highest BCUT2D eigenvalue weighted by Gasteiger charge is 2.44. The first-order valence-corrected chi connectivity index (χ1v) is 27.8. The summed E-state index contributed by atoms with van der Waals surface area (Å²) >= 11 is 0.638. The lowest BCUT2D eigenvalue weighted by Crippen LogP contribution is -2.28. The smallest absolute Gasteiger partial charge is 0.351 e. The van der Waals surface area contributed by atoms with Crippen LogP contribution in [0.25, 0.3) is 5.57 Å². The predicted octanol–water partition coefficient (Wildman–Crippen LogP) is 3.79. The number of fused-ring (bicyclic) bond motifs is 2. The molecule has 4 aromatic rings. The van der Waals surface area contributed by atoms with Crippen molar-refractivity contribution in [3.8, 4) is 0 Å². The number of nitrogens with one attached hydrogen (secondary N) is 1. The Morgan fingerprint density at radius 1 is 0.957 bits per heavy atom. The van der Waals surface area contributed by atoms with Crippen molar-refractivity contribution in [2.24, 2.45) is 17.2 Å². The molecular weight excluding hydrogens is 1010 g/mol. The molecular formula is C44H53N8O13S5+. The number of anilines is 1. The molecule has 0 aliphatic carbocycles. The summed E-state index contributed by atoms with van der Waals surface area (Å²) < 4.78 is 119. The number of pyridine rings is 1. The number of para-hydroxylation sites is 1. The molecule has 0 atom stereocenters.